The van der Waals surface area contributed by atoms with Crippen LogP contribution >= 0.6 is 0 Å². The zero-order valence-electron chi connectivity index (χ0n) is 23.0. The van der Waals surface area contributed by atoms with Gasteiger partial charge in [-0.15, -0.1) is 0 Å². The van der Waals surface area contributed by atoms with Gasteiger partial charge in [-0.3, -0.25) is 9.69 Å². The second-order valence-corrected chi connectivity index (χ2v) is 10.7. The van der Waals surface area contributed by atoms with E-state index in [4.69, 9.17) is 14.8 Å². The average molecular weight is 551 g/mol. The lowest BCUT2D eigenvalue weighted by Gasteiger charge is -2.36. The van der Waals surface area contributed by atoms with Crippen LogP contribution in [0.25, 0.3) is 22.0 Å². The van der Waals surface area contributed by atoms with Crippen LogP contribution in [0.15, 0.2) is 84.9 Å². The summed E-state index contributed by atoms with van der Waals surface area (Å²) in [6.45, 7) is 4.28. The maximum absolute atomic E-state index is 12.8. The third-order valence-electron chi connectivity index (χ3n) is 8.20. The lowest BCUT2D eigenvalue weighted by atomic mass is 9.86. The molecule has 1 aliphatic heterocycles. The predicted molar refractivity (Wildman–Crippen MR) is 159 cm³/mol. The highest BCUT2D eigenvalue weighted by Gasteiger charge is 2.46. The van der Waals surface area contributed by atoms with E-state index >= 15 is 0 Å². The molecule has 41 heavy (non-hydrogen) atoms. The van der Waals surface area contributed by atoms with E-state index in [1.54, 1.807) is 0 Å². The highest BCUT2D eigenvalue weighted by atomic mass is 16.6. The fourth-order valence-corrected chi connectivity index (χ4v) is 6.20. The number of alkyl carbamates (subject to hydrolysis) is 1. The fraction of sp³-hybridized carbons (Fsp3) is 0.303. The van der Waals surface area contributed by atoms with Gasteiger partial charge in [0.15, 0.2) is 5.60 Å². The Balaban J connectivity index is 1.10. The molecule has 8 heteroatoms. The molecule has 4 aromatic rings. The molecule has 0 bridgehead atoms. The molecule has 6 rings (SSSR count). The first-order chi connectivity index (χ1) is 20.0. The minimum Gasteiger partial charge on any atom is -0.480 e. The van der Waals surface area contributed by atoms with Gasteiger partial charge in [0.05, 0.1) is 5.52 Å². The van der Waals surface area contributed by atoms with Crippen LogP contribution in [0, 0.1) is 0 Å². The summed E-state index contributed by atoms with van der Waals surface area (Å²) in [7, 11) is 0. The summed E-state index contributed by atoms with van der Waals surface area (Å²) < 4.78 is 6.15. The maximum atomic E-state index is 12.8. The van der Waals surface area contributed by atoms with Gasteiger partial charge in [0.25, 0.3) is 0 Å². The third-order valence-corrected chi connectivity index (χ3v) is 8.20. The van der Waals surface area contributed by atoms with E-state index in [1.165, 1.54) is 0 Å². The van der Waals surface area contributed by atoms with Crippen molar-refractivity contribution in [2.45, 2.75) is 24.9 Å². The molecular formula is C33H34N4O4. The Hall–Kier alpha value is -4.43. The van der Waals surface area contributed by atoms with Gasteiger partial charge in [0, 0.05) is 42.7 Å². The number of amides is 1. The lowest BCUT2D eigenvalue weighted by Crippen LogP contribution is -2.47. The quantitative estimate of drug-likeness (QED) is 0.275. The molecule has 2 aliphatic rings. The molecule has 1 amide bonds. The van der Waals surface area contributed by atoms with Gasteiger partial charge in [-0.25, -0.2) is 9.78 Å². The van der Waals surface area contributed by atoms with Crippen molar-refractivity contribution in [3.05, 3.63) is 96.1 Å². The molecule has 2 heterocycles. The van der Waals surface area contributed by atoms with Crippen LogP contribution in [0.1, 0.15) is 30.4 Å². The summed E-state index contributed by atoms with van der Waals surface area (Å²) in [5.74, 6) is -0.0816. The molecule has 0 spiro atoms. The molecule has 1 saturated heterocycles. The van der Waals surface area contributed by atoms with Gasteiger partial charge in [-0.1, -0.05) is 66.7 Å². The average Bonchev–Trinajstić information content (AvgIpc) is 3.28. The first kappa shape index (κ1) is 26.8. The van der Waals surface area contributed by atoms with Crippen molar-refractivity contribution in [1.29, 1.82) is 0 Å². The minimum atomic E-state index is -1.11. The van der Waals surface area contributed by atoms with Crippen LogP contribution in [0.2, 0.25) is 0 Å². The number of para-hydroxylation sites is 1. The normalized spacial score (nSPS) is 15.8. The number of anilines is 1. The summed E-state index contributed by atoms with van der Waals surface area (Å²) in [5.41, 5.74) is 4.05. The molecular weight excluding hydrogens is 516 g/mol. The minimum absolute atomic E-state index is 0.487. The molecule has 1 aromatic heterocycles. The van der Waals surface area contributed by atoms with Crippen LogP contribution in [0.4, 0.5) is 10.6 Å². The zero-order chi connectivity index (χ0) is 28.2. The maximum Gasteiger partial charge on any atom is 0.408 e. The number of rotatable bonds is 9. The van der Waals surface area contributed by atoms with Crippen molar-refractivity contribution in [2.75, 3.05) is 44.2 Å². The van der Waals surface area contributed by atoms with E-state index < -0.39 is 24.2 Å². The Kier molecular flexibility index (Phi) is 7.57. The number of carboxylic acid groups (broad SMARTS) is 1. The summed E-state index contributed by atoms with van der Waals surface area (Å²) in [5, 5.41) is 12.6. The monoisotopic (exact) mass is 550 g/mol. The Morgan fingerprint density at radius 3 is 2.20 bits per heavy atom. The molecule has 1 aliphatic carbocycles. The van der Waals surface area contributed by atoms with Crippen LogP contribution in [-0.2, 0) is 15.1 Å². The van der Waals surface area contributed by atoms with E-state index in [-0.39, 0.29) is 0 Å². The third kappa shape index (κ3) is 5.47. The van der Waals surface area contributed by atoms with Gasteiger partial charge < -0.3 is 20.1 Å². The molecule has 210 valence electrons. The molecule has 2 N–H and O–H groups in total. The Bertz CT molecular complexity index is 1520. The molecule has 0 atom stereocenters. The number of aromatic nitrogens is 1. The standard InChI is InChI=1S/C33H34N4O4/c38-31(39)23-34-32(40)41-33(27-12-4-2-10-25(27)26-11-3-5-13-28(26)33)17-7-8-18-36-19-21-37(22-20-36)30-16-15-24-9-1-6-14-29(24)35-30/h1-6,9-16H,7-8,17-23H2,(H,34,40)(H,38,39). The topological polar surface area (TPSA) is 95.0 Å². The second kappa shape index (κ2) is 11.6. The number of pyridine rings is 1. The second-order valence-electron chi connectivity index (χ2n) is 10.7. The van der Waals surface area contributed by atoms with Crippen LogP contribution in [-0.4, -0.2) is 66.3 Å². The fourth-order valence-electron chi connectivity index (χ4n) is 6.20. The number of benzene rings is 3. The van der Waals surface area contributed by atoms with Crippen molar-refractivity contribution < 1.29 is 19.4 Å². The molecule has 3 aromatic carbocycles. The molecule has 1 fully saturated rings. The number of carbonyl (C=O) groups excluding carboxylic acids is 1. The van der Waals surface area contributed by atoms with Gasteiger partial charge in [0.1, 0.15) is 12.4 Å². The first-order valence-corrected chi connectivity index (χ1v) is 14.2. The van der Waals surface area contributed by atoms with Crippen LogP contribution < -0.4 is 10.2 Å². The number of hydrogen-bond acceptors (Lipinski definition) is 6. The number of ether oxygens (including phenoxy) is 1. The Morgan fingerprint density at radius 2 is 1.49 bits per heavy atom. The number of piperazine rings is 1. The van der Waals surface area contributed by atoms with Gasteiger partial charge in [-0.2, -0.15) is 0 Å². The number of unbranched alkanes of at least 4 members (excludes halogenated alkanes) is 1. The number of carbonyl (C=O) groups is 2. The van der Waals surface area contributed by atoms with E-state index in [2.05, 4.69) is 51.5 Å². The van der Waals surface area contributed by atoms with E-state index in [0.717, 1.165) is 84.5 Å². The van der Waals surface area contributed by atoms with E-state index in [1.807, 2.05) is 48.5 Å². The van der Waals surface area contributed by atoms with Crippen molar-refractivity contribution in [3.8, 4) is 11.1 Å². The summed E-state index contributed by atoms with van der Waals surface area (Å²) in [6, 6.07) is 28.5. The SMILES string of the molecule is O=C(O)CNC(=O)OC1(CCCCN2CCN(c3ccc4ccccc4n3)CC2)c2ccccc2-c2ccccc21. The van der Waals surface area contributed by atoms with Gasteiger partial charge in [0.2, 0.25) is 0 Å². The van der Waals surface area contributed by atoms with Crippen molar-refractivity contribution in [3.63, 3.8) is 0 Å². The number of nitrogens with one attached hydrogen (secondary N) is 1. The van der Waals surface area contributed by atoms with Crippen molar-refractivity contribution in [1.82, 2.24) is 15.2 Å². The number of carboxylic acids is 1. The molecule has 8 nitrogen and oxygen atoms in total. The van der Waals surface area contributed by atoms with Crippen LogP contribution in [0.5, 0.6) is 0 Å². The molecule has 0 unspecified atom stereocenters. The van der Waals surface area contributed by atoms with E-state index in [0.29, 0.717) is 6.42 Å². The van der Waals surface area contributed by atoms with E-state index in [9.17, 15) is 9.59 Å². The largest absolute Gasteiger partial charge is 0.480 e. The molecule has 0 saturated carbocycles. The lowest BCUT2D eigenvalue weighted by molar-refractivity contribution is -0.136. The first-order valence-electron chi connectivity index (χ1n) is 14.2. The molecule has 0 radical (unpaired) electrons. The summed E-state index contributed by atoms with van der Waals surface area (Å²) in [4.78, 5) is 33.6. The van der Waals surface area contributed by atoms with Gasteiger partial charge >= 0.3 is 12.1 Å². The van der Waals surface area contributed by atoms with Gasteiger partial charge in [-0.05, 0) is 55.1 Å². The highest BCUT2D eigenvalue weighted by molar-refractivity contribution is 5.83. The summed E-state index contributed by atoms with van der Waals surface area (Å²) in [6.07, 6.45) is 1.70. The number of aliphatic carboxylic acids is 1. The summed E-state index contributed by atoms with van der Waals surface area (Å²) >= 11 is 0. The number of fused-ring (bicyclic) bond motifs is 4. The Labute approximate surface area is 239 Å². The zero-order valence-corrected chi connectivity index (χ0v) is 23.0. The highest BCUT2D eigenvalue weighted by Crippen LogP contribution is 2.52. The van der Waals surface area contributed by atoms with Crippen LogP contribution in [0.3, 0.4) is 0 Å². The Morgan fingerprint density at radius 1 is 0.829 bits per heavy atom. The van der Waals surface area contributed by atoms with Crippen molar-refractivity contribution in [2.24, 2.45) is 0 Å². The van der Waals surface area contributed by atoms with Crippen molar-refractivity contribution >= 4 is 28.8 Å². The smallest absolute Gasteiger partial charge is 0.408 e. The number of nitrogens with zero attached hydrogens (tertiary/aromatic N) is 3. The predicted octanol–water partition coefficient (Wildman–Crippen LogP) is 5.26. The number of hydrogen-bond donors (Lipinski definition) is 2.